The highest BCUT2D eigenvalue weighted by Gasteiger charge is 2.03. The maximum atomic E-state index is 9.70. The van der Waals surface area contributed by atoms with E-state index in [1.165, 1.54) is 0 Å². The Bertz CT molecular complexity index is 444. The summed E-state index contributed by atoms with van der Waals surface area (Å²) in [5.74, 6) is 0.284. The highest BCUT2D eigenvalue weighted by atomic mass is 16.3. The van der Waals surface area contributed by atoms with Crippen molar-refractivity contribution in [3.8, 4) is 5.75 Å². The Labute approximate surface area is 82.4 Å². The first-order valence-corrected chi connectivity index (χ1v) is 4.63. The van der Waals surface area contributed by atoms with Crippen LogP contribution < -0.4 is 0 Å². The van der Waals surface area contributed by atoms with Gasteiger partial charge in [0.2, 0.25) is 0 Å². The summed E-state index contributed by atoms with van der Waals surface area (Å²) in [7, 11) is 0. The molecular weight excluding hydrogens is 176 g/mol. The summed E-state index contributed by atoms with van der Waals surface area (Å²) >= 11 is 0. The predicted molar refractivity (Wildman–Crippen MR) is 56.4 cm³/mol. The zero-order chi connectivity index (χ0) is 9.97. The highest BCUT2D eigenvalue weighted by molar-refractivity contribution is 5.91. The van der Waals surface area contributed by atoms with Crippen LogP contribution in [0.25, 0.3) is 10.8 Å². The smallest absolute Gasteiger partial charge is 0.123 e. The van der Waals surface area contributed by atoms with Crippen molar-refractivity contribution in [2.24, 2.45) is 0 Å². The lowest BCUT2D eigenvalue weighted by molar-refractivity contribution is 0.300. The van der Waals surface area contributed by atoms with Crippen LogP contribution in [0.15, 0.2) is 36.4 Å². The van der Waals surface area contributed by atoms with Crippen LogP contribution in [0.4, 0.5) is 0 Å². The van der Waals surface area contributed by atoms with E-state index in [0.717, 1.165) is 16.3 Å². The van der Waals surface area contributed by atoms with Crippen LogP contribution in [0, 0.1) is 0 Å². The van der Waals surface area contributed by atoms with Gasteiger partial charge in [0, 0.05) is 12.0 Å². The van der Waals surface area contributed by atoms with Crippen molar-refractivity contribution in [3.05, 3.63) is 42.0 Å². The minimum atomic E-state index is 0.105. The molecule has 0 radical (unpaired) electrons. The zero-order valence-corrected chi connectivity index (χ0v) is 7.77. The number of aromatic hydroxyl groups is 1. The molecule has 2 rings (SSSR count). The molecule has 0 amide bonds. The molecule has 2 heteroatoms. The van der Waals surface area contributed by atoms with Gasteiger partial charge >= 0.3 is 0 Å². The average Bonchev–Trinajstić information content (AvgIpc) is 2.19. The SMILES string of the molecule is OCCc1cccc2cccc(O)c12. The Kier molecular flexibility index (Phi) is 2.37. The lowest BCUT2D eigenvalue weighted by Crippen LogP contribution is -1.91. The number of phenolic OH excluding ortho intramolecular Hbond substituents is 1. The first-order chi connectivity index (χ1) is 6.83. The molecule has 0 aliphatic carbocycles. The molecule has 14 heavy (non-hydrogen) atoms. The fourth-order valence-corrected chi connectivity index (χ4v) is 1.73. The van der Waals surface area contributed by atoms with Gasteiger partial charge in [0.15, 0.2) is 0 Å². The van der Waals surface area contributed by atoms with Crippen LogP contribution in [0.1, 0.15) is 5.56 Å². The molecule has 2 nitrogen and oxygen atoms in total. The number of aliphatic hydroxyl groups is 1. The molecule has 0 fully saturated rings. The topological polar surface area (TPSA) is 40.5 Å². The van der Waals surface area contributed by atoms with E-state index >= 15 is 0 Å². The van der Waals surface area contributed by atoms with Crippen molar-refractivity contribution < 1.29 is 10.2 Å². The molecule has 2 N–H and O–H groups in total. The number of hydrogen-bond donors (Lipinski definition) is 2. The van der Waals surface area contributed by atoms with Crippen molar-refractivity contribution in [2.75, 3.05) is 6.61 Å². The van der Waals surface area contributed by atoms with Gasteiger partial charge in [-0.1, -0.05) is 30.3 Å². The van der Waals surface area contributed by atoms with Crippen molar-refractivity contribution in [1.82, 2.24) is 0 Å². The summed E-state index contributed by atoms with van der Waals surface area (Å²) in [6, 6.07) is 11.3. The van der Waals surface area contributed by atoms with Gasteiger partial charge in [-0.2, -0.15) is 0 Å². The number of hydrogen-bond acceptors (Lipinski definition) is 2. The van der Waals surface area contributed by atoms with E-state index in [9.17, 15) is 5.11 Å². The summed E-state index contributed by atoms with van der Waals surface area (Å²) in [6.07, 6.45) is 0.578. The number of fused-ring (bicyclic) bond motifs is 1. The molecule has 0 heterocycles. The van der Waals surface area contributed by atoms with E-state index < -0.39 is 0 Å². The highest BCUT2D eigenvalue weighted by Crippen LogP contribution is 2.27. The monoisotopic (exact) mass is 188 g/mol. The number of phenols is 1. The van der Waals surface area contributed by atoms with Gasteiger partial charge in [-0.05, 0) is 23.4 Å². The Morgan fingerprint density at radius 3 is 2.43 bits per heavy atom. The molecule has 0 spiro atoms. The predicted octanol–water partition coefficient (Wildman–Crippen LogP) is 2.08. The van der Waals surface area contributed by atoms with Gasteiger partial charge in [0.05, 0.1) is 0 Å². The molecule has 0 atom stereocenters. The average molecular weight is 188 g/mol. The molecule has 0 aliphatic rings. The van der Waals surface area contributed by atoms with Gasteiger partial charge < -0.3 is 10.2 Å². The van der Waals surface area contributed by atoms with E-state index in [1.54, 1.807) is 6.07 Å². The van der Waals surface area contributed by atoms with Gasteiger partial charge in [0.25, 0.3) is 0 Å². The Balaban J connectivity index is 2.71. The third-order valence-corrected chi connectivity index (χ3v) is 2.35. The van der Waals surface area contributed by atoms with Crippen LogP contribution in [0.3, 0.4) is 0 Å². The standard InChI is InChI=1S/C12H12O2/c13-8-7-10-4-1-3-9-5-2-6-11(14)12(9)10/h1-6,13-14H,7-8H2. The number of rotatable bonds is 2. The molecular formula is C12H12O2. The first-order valence-electron chi connectivity index (χ1n) is 4.63. The lowest BCUT2D eigenvalue weighted by atomic mass is 10.0. The van der Waals surface area contributed by atoms with Crippen LogP contribution in [0.2, 0.25) is 0 Å². The molecule has 0 bridgehead atoms. The van der Waals surface area contributed by atoms with Crippen molar-refractivity contribution in [2.45, 2.75) is 6.42 Å². The number of benzene rings is 2. The first kappa shape index (κ1) is 9.03. The largest absolute Gasteiger partial charge is 0.507 e. The van der Waals surface area contributed by atoms with E-state index in [1.807, 2.05) is 30.3 Å². The van der Waals surface area contributed by atoms with Crippen LogP contribution >= 0.6 is 0 Å². The lowest BCUT2D eigenvalue weighted by Gasteiger charge is -2.06. The van der Waals surface area contributed by atoms with Crippen LogP contribution in [-0.4, -0.2) is 16.8 Å². The van der Waals surface area contributed by atoms with Crippen LogP contribution in [0.5, 0.6) is 5.75 Å². The zero-order valence-electron chi connectivity index (χ0n) is 7.77. The second-order valence-electron chi connectivity index (χ2n) is 3.27. The maximum Gasteiger partial charge on any atom is 0.123 e. The molecule has 0 unspecified atom stereocenters. The number of aliphatic hydroxyl groups excluding tert-OH is 1. The third-order valence-electron chi connectivity index (χ3n) is 2.35. The van der Waals surface area contributed by atoms with Crippen molar-refractivity contribution in [3.63, 3.8) is 0 Å². The quantitative estimate of drug-likeness (QED) is 0.757. The minimum Gasteiger partial charge on any atom is -0.507 e. The second kappa shape index (κ2) is 3.68. The fraction of sp³-hybridized carbons (Fsp3) is 0.167. The minimum absolute atomic E-state index is 0.105. The molecule has 0 saturated carbocycles. The van der Waals surface area contributed by atoms with Crippen LogP contribution in [-0.2, 0) is 6.42 Å². The second-order valence-corrected chi connectivity index (χ2v) is 3.27. The van der Waals surface area contributed by atoms with Gasteiger partial charge in [0.1, 0.15) is 5.75 Å². The summed E-state index contributed by atoms with van der Waals surface area (Å²) < 4.78 is 0. The van der Waals surface area contributed by atoms with Gasteiger partial charge in [-0.15, -0.1) is 0 Å². The fourth-order valence-electron chi connectivity index (χ4n) is 1.73. The molecule has 72 valence electrons. The van der Waals surface area contributed by atoms with Crippen molar-refractivity contribution in [1.29, 1.82) is 0 Å². The Hall–Kier alpha value is -1.54. The molecule has 2 aromatic carbocycles. The Morgan fingerprint density at radius 1 is 1.00 bits per heavy atom. The molecule has 0 saturated heterocycles. The summed E-state index contributed by atoms with van der Waals surface area (Å²) in [5, 5.41) is 20.4. The normalized spacial score (nSPS) is 10.6. The summed E-state index contributed by atoms with van der Waals surface area (Å²) in [4.78, 5) is 0. The van der Waals surface area contributed by atoms with E-state index in [0.29, 0.717) is 6.42 Å². The van der Waals surface area contributed by atoms with E-state index in [-0.39, 0.29) is 12.4 Å². The van der Waals surface area contributed by atoms with Gasteiger partial charge in [-0.3, -0.25) is 0 Å². The Morgan fingerprint density at radius 2 is 1.71 bits per heavy atom. The van der Waals surface area contributed by atoms with Gasteiger partial charge in [-0.25, -0.2) is 0 Å². The summed E-state index contributed by atoms with van der Waals surface area (Å²) in [5.41, 5.74) is 0.989. The molecule has 0 aromatic heterocycles. The van der Waals surface area contributed by atoms with E-state index in [2.05, 4.69) is 0 Å². The molecule has 0 aliphatic heterocycles. The molecule has 2 aromatic rings. The maximum absolute atomic E-state index is 9.70. The third kappa shape index (κ3) is 1.44. The van der Waals surface area contributed by atoms with Crippen molar-refractivity contribution >= 4 is 10.8 Å². The van der Waals surface area contributed by atoms with E-state index in [4.69, 9.17) is 5.11 Å². The summed E-state index contributed by atoms with van der Waals surface area (Å²) in [6.45, 7) is 0.105.